The van der Waals surface area contributed by atoms with Gasteiger partial charge in [0.15, 0.2) is 0 Å². The zero-order chi connectivity index (χ0) is 17.0. The normalized spacial score (nSPS) is 12.3. The van der Waals surface area contributed by atoms with E-state index in [0.29, 0.717) is 17.5 Å². The lowest BCUT2D eigenvalue weighted by Crippen LogP contribution is -2.06. The maximum Gasteiger partial charge on any atom is 0.417 e. The van der Waals surface area contributed by atoms with Crippen molar-refractivity contribution in [2.45, 2.75) is 19.5 Å². The molecule has 0 fully saturated rings. The van der Waals surface area contributed by atoms with Gasteiger partial charge >= 0.3 is 12.1 Å². The molecule has 120 valence electrons. The third kappa shape index (κ3) is 4.00. The summed E-state index contributed by atoms with van der Waals surface area (Å²) in [5.74, 6) is -1.00. The van der Waals surface area contributed by atoms with Gasteiger partial charge in [-0.2, -0.15) is 13.2 Å². The standard InChI is InChI=1S/C18H15F3O2/c1-2-13(17(22)23)11-12-7-9-14(10-8-12)15-5-3-4-6-16(15)18(19,20)21/h3-11H,2H2,1H3,(H,22,23). The van der Waals surface area contributed by atoms with E-state index >= 15 is 0 Å². The van der Waals surface area contributed by atoms with Gasteiger partial charge in [-0.25, -0.2) is 4.79 Å². The van der Waals surface area contributed by atoms with Gasteiger partial charge < -0.3 is 5.11 Å². The molecule has 0 unspecified atom stereocenters. The summed E-state index contributed by atoms with van der Waals surface area (Å²) in [6.45, 7) is 1.73. The van der Waals surface area contributed by atoms with Crippen LogP contribution in [-0.4, -0.2) is 11.1 Å². The van der Waals surface area contributed by atoms with E-state index in [1.807, 2.05) is 0 Å². The second kappa shape index (κ2) is 6.69. The lowest BCUT2D eigenvalue weighted by Gasteiger charge is -2.13. The SMILES string of the molecule is CCC(=Cc1ccc(-c2ccccc2C(F)(F)F)cc1)C(=O)O. The number of halogens is 3. The number of aliphatic carboxylic acids is 1. The Labute approximate surface area is 131 Å². The number of carboxylic acids is 1. The van der Waals surface area contributed by atoms with Gasteiger partial charge in [0.2, 0.25) is 0 Å². The Morgan fingerprint density at radius 1 is 1.09 bits per heavy atom. The fourth-order valence-corrected chi connectivity index (χ4v) is 2.26. The zero-order valence-electron chi connectivity index (χ0n) is 12.4. The van der Waals surface area contributed by atoms with Crippen molar-refractivity contribution < 1.29 is 23.1 Å². The van der Waals surface area contributed by atoms with Crippen LogP contribution in [-0.2, 0) is 11.0 Å². The molecule has 2 nitrogen and oxygen atoms in total. The maximum absolute atomic E-state index is 13.0. The molecular weight excluding hydrogens is 305 g/mol. The smallest absolute Gasteiger partial charge is 0.417 e. The third-order valence-electron chi connectivity index (χ3n) is 3.45. The van der Waals surface area contributed by atoms with Crippen LogP contribution in [0.5, 0.6) is 0 Å². The molecule has 0 aliphatic heterocycles. The largest absolute Gasteiger partial charge is 0.478 e. The molecule has 0 aromatic heterocycles. The summed E-state index contributed by atoms with van der Waals surface area (Å²) in [5.41, 5.74) is 0.724. The Bertz CT molecular complexity index is 729. The first-order valence-electron chi connectivity index (χ1n) is 7.03. The van der Waals surface area contributed by atoms with E-state index in [-0.39, 0.29) is 11.1 Å². The van der Waals surface area contributed by atoms with E-state index in [2.05, 4.69) is 0 Å². The van der Waals surface area contributed by atoms with Crippen molar-refractivity contribution >= 4 is 12.0 Å². The minimum atomic E-state index is -4.42. The van der Waals surface area contributed by atoms with Crippen molar-refractivity contribution in [1.29, 1.82) is 0 Å². The molecule has 0 heterocycles. The number of carboxylic acid groups (broad SMARTS) is 1. The van der Waals surface area contributed by atoms with E-state index in [1.165, 1.54) is 18.2 Å². The highest BCUT2D eigenvalue weighted by atomic mass is 19.4. The molecule has 5 heteroatoms. The lowest BCUT2D eigenvalue weighted by atomic mass is 9.98. The first-order valence-corrected chi connectivity index (χ1v) is 7.03. The quantitative estimate of drug-likeness (QED) is 0.781. The fourth-order valence-electron chi connectivity index (χ4n) is 2.26. The van der Waals surface area contributed by atoms with Gasteiger partial charge in [0.1, 0.15) is 0 Å². The molecule has 0 aliphatic rings. The van der Waals surface area contributed by atoms with E-state index in [9.17, 15) is 18.0 Å². The van der Waals surface area contributed by atoms with Crippen LogP contribution >= 0.6 is 0 Å². The van der Waals surface area contributed by atoms with E-state index in [0.717, 1.165) is 6.07 Å². The molecule has 0 saturated heterocycles. The highest BCUT2D eigenvalue weighted by Gasteiger charge is 2.33. The predicted molar refractivity (Wildman–Crippen MR) is 82.8 cm³/mol. The number of benzene rings is 2. The fraction of sp³-hybridized carbons (Fsp3) is 0.167. The van der Waals surface area contributed by atoms with Crippen LogP contribution in [0.15, 0.2) is 54.1 Å². The molecule has 0 atom stereocenters. The van der Waals surface area contributed by atoms with Crippen molar-refractivity contribution in [3.05, 3.63) is 65.2 Å². The Balaban J connectivity index is 2.40. The second-order valence-corrected chi connectivity index (χ2v) is 4.99. The summed E-state index contributed by atoms with van der Waals surface area (Å²) in [6.07, 6.45) is -2.54. The molecule has 2 rings (SSSR count). The second-order valence-electron chi connectivity index (χ2n) is 4.99. The summed E-state index contributed by atoms with van der Waals surface area (Å²) < 4.78 is 39.1. The molecule has 0 bridgehead atoms. The van der Waals surface area contributed by atoms with Crippen LogP contribution in [0.25, 0.3) is 17.2 Å². The van der Waals surface area contributed by atoms with Crippen molar-refractivity contribution in [2.75, 3.05) is 0 Å². The predicted octanol–water partition coefficient (Wildman–Crippen LogP) is 5.25. The zero-order valence-corrected chi connectivity index (χ0v) is 12.4. The van der Waals surface area contributed by atoms with Crippen molar-refractivity contribution in [3.63, 3.8) is 0 Å². The first kappa shape index (κ1) is 16.8. The Morgan fingerprint density at radius 2 is 1.70 bits per heavy atom. The van der Waals surface area contributed by atoms with Gasteiger partial charge in [0.25, 0.3) is 0 Å². The summed E-state index contributed by atoms with van der Waals surface area (Å²) in [7, 11) is 0. The van der Waals surface area contributed by atoms with Gasteiger partial charge in [-0.05, 0) is 35.3 Å². The summed E-state index contributed by atoms with van der Waals surface area (Å²) in [5, 5.41) is 9.00. The topological polar surface area (TPSA) is 37.3 Å². The first-order chi connectivity index (χ1) is 10.8. The van der Waals surface area contributed by atoms with E-state index in [1.54, 1.807) is 37.3 Å². The molecule has 23 heavy (non-hydrogen) atoms. The molecule has 0 radical (unpaired) electrons. The van der Waals surface area contributed by atoms with Gasteiger partial charge in [0.05, 0.1) is 5.56 Å². The van der Waals surface area contributed by atoms with Gasteiger partial charge in [-0.15, -0.1) is 0 Å². The molecule has 2 aromatic rings. The number of hydrogen-bond acceptors (Lipinski definition) is 1. The highest BCUT2D eigenvalue weighted by molar-refractivity contribution is 5.92. The average Bonchev–Trinajstić information content (AvgIpc) is 2.52. The minimum Gasteiger partial charge on any atom is -0.478 e. The number of hydrogen-bond donors (Lipinski definition) is 1. The Hall–Kier alpha value is -2.56. The summed E-state index contributed by atoms with van der Waals surface area (Å²) >= 11 is 0. The van der Waals surface area contributed by atoms with Crippen molar-refractivity contribution in [2.24, 2.45) is 0 Å². The average molecular weight is 320 g/mol. The molecule has 0 spiro atoms. The van der Waals surface area contributed by atoms with E-state index in [4.69, 9.17) is 5.11 Å². The van der Waals surface area contributed by atoms with Crippen molar-refractivity contribution in [3.8, 4) is 11.1 Å². The van der Waals surface area contributed by atoms with Gasteiger partial charge in [-0.1, -0.05) is 49.4 Å². The maximum atomic E-state index is 13.0. The third-order valence-corrected chi connectivity index (χ3v) is 3.45. The Kier molecular flexibility index (Phi) is 4.89. The number of rotatable bonds is 4. The van der Waals surface area contributed by atoms with Crippen LogP contribution in [0.1, 0.15) is 24.5 Å². The molecule has 0 saturated carbocycles. The minimum absolute atomic E-state index is 0.101. The summed E-state index contributed by atoms with van der Waals surface area (Å²) in [6, 6.07) is 11.7. The molecule has 0 aliphatic carbocycles. The van der Waals surface area contributed by atoms with Gasteiger partial charge in [0, 0.05) is 5.57 Å². The summed E-state index contributed by atoms with van der Waals surface area (Å²) in [4.78, 5) is 11.0. The molecule has 1 N–H and O–H groups in total. The van der Waals surface area contributed by atoms with Crippen LogP contribution in [0, 0.1) is 0 Å². The monoisotopic (exact) mass is 320 g/mol. The van der Waals surface area contributed by atoms with Crippen LogP contribution in [0.4, 0.5) is 13.2 Å². The van der Waals surface area contributed by atoms with Crippen molar-refractivity contribution in [1.82, 2.24) is 0 Å². The lowest BCUT2D eigenvalue weighted by molar-refractivity contribution is -0.137. The molecular formula is C18H15F3O2. The number of carbonyl (C=O) groups is 1. The van der Waals surface area contributed by atoms with Gasteiger partial charge in [-0.3, -0.25) is 0 Å². The highest BCUT2D eigenvalue weighted by Crippen LogP contribution is 2.36. The van der Waals surface area contributed by atoms with Crippen LogP contribution < -0.4 is 0 Å². The Morgan fingerprint density at radius 3 is 2.22 bits per heavy atom. The molecule has 0 amide bonds. The van der Waals surface area contributed by atoms with E-state index < -0.39 is 17.7 Å². The van der Waals surface area contributed by atoms with Crippen LogP contribution in [0.2, 0.25) is 0 Å². The number of alkyl halides is 3. The van der Waals surface area contributed by atoms with Crippen LogP contribution in [0.3, 0.4) is 0 Å². The molecule has 2 aromatic carbocycles.